The molecule has 0 spiro atoms. The van der Waals surface area contributed by atoms with Gasteiger partial charge in [0.1, 0.15) is 6.61 Å². The van der Waals surface area contributed by atoms with Crippen molar-refractivity contribution in [1.29, 1.82) is 0 Å². The third kappa shape index (κ3) is 2.77. The lowest BCUT2D eigenvalue weighted by atomic mass is 10.2. The number of carbonyl (C=O) groups is 1. The van der Waals surface area contributed by atoms with Gasteiger partial charge in [0.25, 0.3) is 5.56 Å². The topological polar surface area (TPSA) is 82.4 Å². The van der Waals surface area contributed by atoms with Crippen LogP contribution in [-0.4, -0.2) is 29.5 Å². The van der Waals surface area contributed by atoms with Crippen molar-refractivity contribution in [1.82, 2.24) is 9.66 Å². The molecule has 0 aliphatic heterocycles. The molecule has 1 amide bonds. The van der Waals surface area contributed by atoms with E-state index in [1.165, 1.54) is 7.11 Å². The zero-order valence-corrected chi connectivity index (χ0v) is 11.3. The predicted octanol–water partition coefficient (Wildman–Crippen LogP) is 1.24. The van der Waals surface area contributed by atoms with Gasteiger partial charge in [-0.3, -0.25) is 4.79 Å². The number of ether oxygens (including phenoxy) is 2. The van der Waals surface area contributed by atoms with E-state index in [1.807, 2.05) is 0 Å². The monoisotopic (exact) mass is 277 g/mol. The van der Waals surface area contributed by atoms with E-state index in [-0.39, 0.29) is 18.8 Å². The molecule has 0 unspecified atom stereocenters. The first-order chi connectivity index (χ1) is 9.67. The van der Waals surface area contributed by atoms with Gasteiger partial charge in [0, 0.05) is 7.11 Å². The van der Waals surface area contributed by atoms with Crippen LogP contribution in [0.3, 0.4) is 0 Å². The maximum atomic E-state index is 12.4. The molecule has 0 fully saturated rings. The van der Waals surface area contributed by atoms with Crippen molar-refractivity contribution in [2.24, 2.45) is 0 Å². The molecule has 2 rings (SSSR count). The van der Waals surface area contributed by atoms with E-state index in [4.69, 9.17) is 9.47 Å². The molecule has 0 aliphatic rings. The molecule has 1 aromatic heterocycles. The summed E-state index contributed by atoms with van der Waals surface area (Å²) in [5, 5.41) is 0.407. The van der Waals surface area contributed by atoms with Gasteiger partial charge in [0.15, 0.2) is 5.82 Å². The van der Waals surface area contributed by atoms with Crippen LogP contribution in [0.25, 0.3) is 10.9 Å². The van der Waals surface area contributed by atoms with E-state index >= 15 is 0 Å². The number of hydrogen-bond donors (Lipinski definition) is 1. The van der Waals surface area contributed by atoms with Gasteiger partial charge >= 0.3 is 6.09 Å². The Bertz CT molecular complexity index is 681. The van der Waals surface area contributed by atoms with Gasteiger partial charge in [-0.25, -0.2) is 15.2 Å². The van der Waals surface area contributed by atoms with Crippen LogP contribution in [0.1, 0.15) is 12.7 Å². The minimum atomic E-state index is -0.718. The Morgan fingerprint density at radius 2 is 2.15 bits per heavy atom. The van der Waals surface area contributed by atoms with Gasteiger partial charge in [0.05, 0.1) is 17.5 Å². The highest BCUT2D eigenvalue weighted by Gasteiger charge is 2.13. The highest BCUT2D eigenvalue weighted by molar-refractivity contribution is 5.79. The number of methoxy groups -OCH3 is 1. The number of fused-ring (bicyclic) bond motifs is 1. The summed E-state index contributed by atoms with van der Waals surface area (Å²) in [6.45, 7) is 1.98. The minimum absolute atomic E-state index is 0.0898. The number of hydrogen-bond acceptors (Lipinski definition) is 5. The molecule has 7 heteroatoms. The van der Waals surface area contributed by atoms with Crippen LogP contribution in [0.4, 0.5) is 4.79 Å². The molecular formula is C13H15N3O4. The Balaban J connectivity index is 2.54. The Hall–Kier alpha value is -2.41. The van der Waals surface area contributed by atoms with E-state index in [9.17, 15) is 9.59 Å². The zero-order valence-electron chi connectivity index (χ0n) is 11.3. The molecule has 106 valence electrons. The fraction of sp³-hybridized carbons (Fsp3) is 0.308. The summed E-state index contributed by atoms with van der Waals surface area (Å²) in [6.07, 6.45) is -0.718. The molecule has 1 aromatic carbocycles. The lowest BCUT2D eigenvalue weighted by Crippen LogP contribution is -2.36. The second-order valence-corrected chi connectivity index (χ2v) is 3.95. The number of aromatic nitrogens is 2. The number of amides is 1. The van der Waals surface area contributed by atoms with Gasteiger partial charge in [-0.05, 0) is 19.1 Å². The largest absolute Gasteiger partial charge is 0.449 e. The molecule has 0 aliphatic carbocycles. The molecule has 0 radical (unpaired) electrons. The second kappa shape index (κ2) is 6.16. The fourth-order valence-electron chi connectivity index (χ4n) is 1.77. The third-order valence-electron chi connectivity index (χ3n) is 2.60. The molecule has 7 nitrogen and oxygen atoms in total. The lowest BCUT2D eigenvalue weighted by molar-refractivity contribution is 0.160. The second-order valence-electron chi connectivity index (χ2n) is 3.95. The molecule has 0 atom stereocenters. The highest BCUT2D eigenvalue weighted by atomic mass is 16.6. The molecular weight excluding hydrogens is 262 g/mol. The third-order valence-corrected chi connectivity index (χ3v) is 2.60. The van der Waals surface area contributed by atoms with Crippen LogP contribution < -0.4 is 11.0 Å². The molecule has 1 heterocycles. The lowest BCUT2D eigenvalue weighted by Gasteiger charge is -2.13. The number of benzene rings is 1. The molecule has 0 bridgehead atoms. The number of carbonyl (C=O) groups excluding carboxylic acids is 1. The summed E-state index contributed by atoms with van der Waals surface area (Å²) in [4.78, 5) is 28.2. The quantitative estimate of drug-likeness (QED) is 0.909. The van der Waals surface area contributed by atoms with Crippen molar-refractivity contribution in [2.45, 2.75) is 13.5 Å². The molecule has 2 aromatic rings. The standard InChI is InChI=1S/C13H15N3O4/c1-3-20-13(18)15-16-11(8-19-2)14-10-7-5-4-6-9(10)12(16)17/h4-7H,3,8H2,1-2H3,(H,15,18). The van der Waals surface area contributed by atoms with Crippen molar-refractivity contribution in [2.75, 3.05) is 19.1 Å². The van der Waals surface area contributed by atoms with Crippen LogP contribution in [0.5, 0.6) is 0 Å². The van der Waals surface area contributed by atoms with Crippen molar-refractivity contribution < 1.29 is 14.3 Å². The summed E-state index contributed by atoms with van der Waals surface area (Å²) in [5.74, 6) is 0.296. The van der Waals surface area contributed by atoms with Gasteiger partial charge in [0.2, 0.25) is 0 Å². The van der Waals surface area contributed by atoms with Gasteiger partial charge in [-0.1, -0.05) is 12.1 Å². The van der Waals surface area contributed by atoms with E-state index in [0.29, 0.717) is 16.7 Å². The SMILES string of the molecule is CCOC(=O)Nn1c(COC)nc2ccccc2c1=O. The summed E-state index contributed by atoms with van der Waals surface area (Å²) in [5.41, 5.74) is 2.53. The Morgan fingerprint density at radius 3 is 2.85 bits per heavy atom. The summed E-state index contributed by atoms with van der Waals surface area (Å²) < 4.78 is 10.8. The van der Waals surface area contributed by atoms with Crippen molar-refractivity contribution in [3.63, 3.8) is 0 Å². The van der Waals surface area contributed by atoms with Crippen LogP contribution in [0, 0.1) is 0 Å². The number of rotatable bonds is 4. The minimum Gasteiger partial charge on any atom is -0.449 e. The predicted molar refractivity (Wildman–Crippen MR) is 73.1 cm³/mol. The van der Waals surface area contributed by atoms with E-state index < -0.39 is 6.09 Å². The Morgan fingerprint density at radius 1 is 1.40 bits per heavy atom. The van der Waals surface area contributed by atoms with Crippen LogP contribution in [0.15, 0.2) is 29.1 Å². The normalized spacial score (nSPS) is 10.5. The maximum absolute atomic E-state index is 12.4. The van der Waals surface area contributed by atoms with Gasteiger partial charge in [-0.2, -0.15) is 4.68 Å². The number of nitrogens with one attached hydrogen (secondary N) is 1. The van der Waals surface area contributed by atoms with Crippen molar-refractivity contribution in [3.05, 3.63) is 40.4 Å². The van der Waals surface area contributed by atoms with Crippen LogP contribution >= 0.6 is 0 Å². The highest BCUT2D eigenvalue weighted by Crippen LogP contribution is 2.07. The Kier molecular flexibility index (Phi) is 4.31. The zero-order chi connectivity index (χ0) is 14.5. The van der Waals surface area contributed by atoms with Crippen molar-refractivity contribution in [3.8, 4) is 0 Å². The summed E-state index contributed by atoms with van der Waals surface area (Å²) in [6, 6.07) is 6.89. The van der Waals surface area contributed by atoms with Gasteiger partial charge in [-0.15, -0.1) is 0 Å². The first-order valence-electron chi connectivity index (χ1n) is 6.10. The number of para-hydroxylation sites is 1. The number of nitrogens with zero attached hydrogens (tertiary/aromatic N) is 2. The van der Waals surface area contributed by atoms with E-state index in [1.54, 1.807) is 31.2 Å². The molecule has 20 heavy (non-hydrogen) atoms. The Labute approximate surface area is 115 Å². The average Bonchev–Trinajstić information content (AvgIpc) is 2.44. The van der Waals surface area contributed by atoms with Crippen LogP contribution in [0.2, 0.25) is 0 Å². The smallest absolute Gasteiger partial charge is 0.426 e. The van der Waals surface area contributed by atoms with Gasteiger partial charge < -0.3 is 9.47 Å². The van der Waals surface area contributed by atoms with E-state index in [0.717, 1.165) is 4.68 Å². The maximum Gasteiger partial charge on any atom is 0.426 e. The average molecular weight is 277 g/mol. The molecule has 0 saturated heterocycles. The van der Waals surface area contributed by atoms with E-state index in [2.05, 4.69) is 10.4 Å². The van der Waals surface area contributed by atoms with Crippen molar-refractivity contribution >= 4 is 17.0 Å². The molecule has 1 N–H and O–H groups in total. The fourth-order valence-corrected chi connectivity index (χ4v) is 1.77. The molecule has 0 saturated carbocycles. The van der Waals surface area contributed by atoms with Crippen LogP contribution in [-0.2, 0) is 16.1 Å². The summed E-state index contributed by atoms with van der Waals surface area (Å²) in [7, 11) is 1.48. The first kappa shape index (κ1) is 14.0. The summed E-state index contributed by atoms with van der Waals surface area (Å²) >= 11 is 0. The first-order valence-corrected chi connectivity index (χ1v) is 6.10.